The Labute approximate surface area is 775 Å². The van der Waals surface area contributed by atoms with E-state index < -0.39 is 247 Å². The number of aliphatic carboxylic acids is 1. The van der Waals surface area contributed by atoms with E-state index in [-0.39, 0.29) is 88.7 Å². The number of nitrogens with two attached hydrogens (primary N) is 3. The first-order valence-electron chi connectivity index (χ1n) is 44.3. The lowest BCUT2D eigenvalue weighted by molar-refractivity contribution is -0.149. The molecule has 0 unspecified atom stereocenters. The maximum Gasteiger partial charge on any atom is 0.303 e. The Kier molecular flexibility index (Phi) is 38.5. The fourth-order valence-electron chi connectivity index (χ4n) is 16.3. The Bertz CT molecular complexity index is 5170. The second-order valence-electron chi connectivity index (χ2n) is 33.6. The van der Waals surface area contributed by atoms with E-state index in [1.165, 1.54) is 80.8 Å². The molecule has 3 aliphatic rings. The second kappa shape index (κ2) is 49.4. The number of hydrogen-bond donors (Lipinski definition) is 18. The van der Waals surface area contributed by atoms with Crippen LogP contribution in [0.1, 0.15) is 140 Å². The standard InChI is InChI=1S/C89H121N21O21S2/c1-8-10-20-67-82(124)99-59(32-33-90)79(121)105-66(78(120)95-42-73(92)114)45-132-46-74(115)98-60(29-26-50-24-27-54(111)28-25-50)85(127)106(5)49(4)77(119)104-65(39-72(91)113)88(130)109-34-16-22-68(109)83(125)102-63(37-53-41-93-47-96-53)81(123)100-61(30-31-75(116)117)87(129)110-43-55(112)38-70(110)84(126)101-62(36-52-44-133-71-23-15-13-18-57(52)71)80(122)97-48(3)76(118)103-64(35-51-40-94-58-19-14-12-17-56(51)58)86(128)108(7)69(21-11-9-2)89(131)107(67)6/h12-15,17-19,23-25,27-28,40-41,44,47-49,55,59-70,94,111-112H,8-11,16,20-22,26,29-39,42-43,45-46,90H2,1-7H3,(H2,91,113)(H2,92,114)(H,93,96)(H,95,120)(H,97,122)(H,98,115)(H,99,124)(H,100,123)(H,101,126)(H,102,125)(H,103,118)(H,104,119)(H,105,121)(H,116,117)/t48-,49-,55+,59-,60-,61-,62-,63-,64-,65-,66-,67-,68-,69-,70-/m0/s1. The predicted molar refractivity (Wildman–Crippen MR) is 488 cm³/mol. The van der Waals surface area contributed by atoms with E-state index in [4.69, 9.17) is 17.2 Å². The van der Waals surface area contributed by atoms with Gasteiger partial charge in [0.2, 0.25) is 100 Å². The summed E-state index contributed by atoms with van der Waals surface area (Å²) in [5, 5.41) is 61.0. The van der Waals surface area contributed by atoms with Crippen LogP contribution in [0.3, 0.4) is 0 Å². The highest BCUT2D eigenvalue weighted by atomic mass is 32.2. The van der Waals surface area contributed by atoms with Crippen molar-refractivity contribution >= 4 is 150 Å². The Hall–Kier alpha value is -13.1. The summed E-state index contributed by atoms with van der Waals surface area (Å²) in [6, 6.07) is -1.48. The van der Waals surface area contributed by atoms with E-state index in [0.717, 1.165) is 31.2 Å². The minimum absolute atomic E-state index is 0.0133. The number of imidazole rings is 1. The minimum atomic E-state index is -1.82. The smallest absolute Gasteiger partial charge is 0.303 e. The molecule has 3 aromatic carbocycles. The van der Waals surface area contributed by atoms with Crippen molar-refractivity contribution in [1.29, 1.82) is 0 Å². The molecule has 133 heavy (non-hydrogen) atoms. The summed E-state index contributed by atoms with van der Waals surface area (Å²) in [4.78, 5) is 277. The van der Waals surface area contributed by atoms with Gasteiger partial charge in [-0.3, -0.25) is 86.3 Å². The molecule has 0 aliphatic carbocycles. The molecule has 15 atom stereocenters. The number of aryl methyl sites for hydroxylation is 1. The quantitative estimate of drug-likeness (QED) is 0.0298. The summed E-state index contributed by atoms with van der Waals surface area (Å²) in [6.07, 6.45) is 0.816. The third-order valence-corrected chi connectivity index (χ3v) is 25.9. The average Bonchev–Trinajstić information content (AvgIpc) is 1.80. The number of likely N-dealkylation sites (N-methyl/N-ethyl adjacent to an activating group) is 3. The number of aliphatic hydroxyl groups excluding tert-OH is 1. The van der Waals surface area contributed by atoms with Crippen molar-refractivity contribution in [2.45, 2.75) is 234 Å². The number of fused-ring (bicyclic) bond motifs is 4. The molecule has 0 bridgehead atoms. The first-order valence-corrected chi connectivity index (χ1v) is 46.3. The SMILES string of the molecule is CCCC[C@H]1C(=O)N(C)[C@@H](CCCC)C(=O)N[C@@H](CCN)C(=O)N[C@H](C(=O)NCC(N)=O)CSCC(=O)N[C@@H](CCc2ccc(O)cc2)C(=O)N(C)[C@@H](C)C(=O)N[C@@H](CC(N)=O)C(=O)N2CCC[C@H]2C(=O)N[C@@H](Cc2cnc[nH]2)C(=O)N[C@@H](CCC(=O)O)C(=O)N2C[C@H](O)C[C@H]2C(=O)N[C@@H](Cc2csc3ccccc23)C(=O)N[C@@H](C)C(=O)N[C@@H](Cc2c[nH]c3ccccc23)C(=O)N1C. The van der Waals surface area contributed by atoms with E-state index in [1.807, 2.05) is 19.9 Å². The lowest BCUT2D eigenvalue weighted by Gasteiger charge is -2.36. The van der Waals surface area contributed by atoms with Crippen LogP contribution in [-0.2, 0) is 112 Å². The van der Waals surface area contributed by atoms with Crippen molar-refractivity contribution in [3.05, 3.63) is 119 Å². The summed E-state index contributed by atoms with van der Waals surface area (Å²) in [5.74, 6) is -18.5. The Morgan fingerprint density at radius 1 is 0.564 bits per heavy atom. The highest BCUT2D eigenvalue weighted by Gasteiger charge is 2.47. The third kappa shape index (κ3) is 28.7. The number of para-hydroxylation sites is 1. The number of aromatic hydroxyl groups is 1. The van der Waals surface area contributed by atoms with Crippen molar-refractivity contribution in [2.24, 2.45) is 17.2 Å². The molecule has 3 aromatic heterocycles. The summed E-state index contributed by atoms with van der Waals surface area (Å²) < 4.78 is 0.798. The van der Waals surface area contributed by atoms with Gasteiger partial charge in [-0.1, -0.05) is 88.1 Å². The molecule has 0 radical (unpaired) electrons. The molecule has 6 heterocycles. The lowest BCUT2D eigenvalue weighted by Crippen LogP contribution is -2.61. The molecular weight excluding hydrogens is 1760 g/mol. The van der Waals surface area contributed by atoms with E-state index in [9.17, 15) is 63.3 Å². The van der Waals surface area contributed by atoms with Gasteiger partial charge in [-0.2, -0.15) is 0 Å². The van der Waals surface area contributed by atoms with Crippen molar-refractivity contribution in [3.63, 3.8) is 0 Å². The van der Waals surface area contributed by atoms with E-state index >= 15 is 38.4 Å². The number of carboxylic acid groups (broad SMARTS) is 1. The molecule has 3 saturated heterocycles. The number of aliphatic hydroxyl groups is 1. The molecule has 3 fully saturated rings. The van der Waals surface area contributed by atoms with Gasteiger partial charge in [-0.05, 0) is 123 Å². The number of phenolic OH excluding ortho intramolecular Hbond substituents is 1. The van der Waals surface area contributed by atoms with Crippen LogP contribution in [0, 0.1) is 0 Å². The molecule has 0 saturated carbocycles. The minimum Gasteiger partial charge on any atom is -0.508 e. The van der Waals surface area contributed by atoms with Crippen molar-refractivity contribution in [2.75, 3.05) is 58.8 Å². The molecule has 42 nitrogen and oxygen atoms in total. The van der Waals surface area contributed by atoms with Gasteiger partial charge in [-0.15, -0.1) is 23.1 Å². The number of unbranched alkanes of at least 4 members (excludes halogenated alkanes) is 2. The first-order chi connectivity index (χ1) is 63.4. The van der Waals surface area contributed by atoms with Gasteiger partial charge in [-0.25, -0.2) is 4.98 Å². The van der Waals surface area contributed by atoms with Gasteiger partial charge in [0.05, 0.1) is 31.1 Å². The maximum atomic E-state index is 15.7. The molecule has 0 spiro atoms. The van der Waals surface area contributed by atoms with Gasteiger partial charge >= 0.3 is 5.97 Å². The Morgan fingerprint density at radius 2 is 1.16 bits per heavy atom. The molecule has 720 valence electrons. The fourth-order valence-corrected chi connectivity index (χ4v) is 18.1. The molecular formula is C89H121N21O21S2. The second-order valence-corrected chi connectivity index (χ2v) is 35.5. The maximum absolute atomic E-state index is 15.7. The number of aromatic amines is 2. The topological polar surface area (TPSA) is 627 Å². The number of thioether (sulfide) groups is 1. The number of nitrogens with zero attached hydrogens (tertiary/aromatic N) is 6. The molecule has 21 N–H and O–H groups in total. The summed E-state index contributed by atoms with van der Waals surface area (Å²) >= 11 is 2.11. The highest BCUT2D eigenvalue weighted by Crippen LogP contribution is 2.30. The molecule has 9 rings (SSSR count). The number of thiophene rings is 1. The van der Waals surface area contributed by atoms with Crippen LogP contribution in [0.15, 0.2) is 96.9 Å². The number of hydrogen-bond acceptors (Lipinski definition) is 24. The largest absolute Gasteiger partial charge is 0.508 e. The summed E-state index contributed by atoms with van der Waals surface area (Å²) in [5.41, 5.74) is 19.8. The Balaban J connectivity index is 1.08. The zero-order valence-corrected chi connectivity index (χ0v) is 76.9. The summed E-state index contributed by atoms with van der Waals surface area (Å²) in [6.45, 7) is 4.64. The Morgan fingerprint density at radius 3 is 1.83 bits per heavy atom. The number of primary amides is 2. The number of carbonyl (C=O) groups excluding carboxylic acids is 17. The average molecular weight is 1890 g/mol. The molecule has 6 aromatic rings. The normalized spacial score (nSPS) is 24.9. The number of rotatable bonds is 25. The number of benzene rings is 3. The zero-order valence-electron chi connectivity index (χ0n) is 75.3. The van der Waals surface area contributed by atoms with Gasteiger partial charge in [0.15, 0.2) is 0 Å². The molecule has 44 heteroatoms. The lowest BCUT2D eigenvalue weighted by atomic mass is 10.00. The van der Waals surface area contributed by atoms with Gasteiger partial charge in [0.1, 0.15) is 90.3 Å². The number of phenols is 1. The number of amides is 17. The number of nitrogens with one attached hydrogen (secondary N) is 12. The van der Waals surface area contributed by atoms with E-state index in [1.54, 1.807) is 66.2 Å². The van der Waals surface area contributed by atoms with Gasteiger partial charge in [0, 0.05) is 106 Å². The van der Waals surface area contributed by atoms with Crippen LogP contribution in [-0.4, -0.2) is 311 Å². The van der Waals surface area contributed by atoms with Crippen LogP contribution >= 0.6 is 23.1 Å². The molecule has 3 aliphatic heterocycles. The van der Waals surface area contributed by atoms with Crippen LogP contribution in [0.5, 0.6) is 5.75 Å². The van der Waals surface area contributed by atoms with Gasteiger partial charge in [0.25, 0.3) is 0 Å². The number of carboxylic acids is 1. The van der Waals surface area contributed by atoms with Crippen LogP contribution in [0.2, 0.25) is 0 Å². The summed E-state index contributed by atoms with van der Waals surface area (Å²) in [7, 11) is 3.95. The fraction of sp³-hybridized carbons (Fsp3) is 0.517. The highest BCUT2D eigenvalue weighted by molar-refractivity contribution is 8.00. The van der Waals surface area contributed by atoms with Crippen LogP contribution in [0.4, 0.5) is 0 Å². The van der Waals surface area contributed by atoms with Crippen molar-refractivity contribution in [1.82, 2.24) is 92.6 Å². The predicted octanol–water partition coefficient (Wildman–Crippen LogP) is -1.87. The van der Waals surface area contributed by atoms with Gasteiger partial charge < -0.3 is 120 Å². The van der Waals surface area contributed by atoms with Crippen LogP contribution < -0.4 is 70.4 Å². The molecule has 17 amide bonds. The number of H-pyrrole nitrogens is 2. The first kappa shape index (κ1) is 104. The van der Waals surface area contributed by atoms with Crippen molar-refractivity contribution < 1.29 is 102 Å². The zero-order chi connectivity index (χ0) is 97.0. The number of aromatic nitrogens is 3. The van der Waals surface area contributed by atoms with Crippen LogP contribution in [0.25, 0.3) is 21.0 Å². The van der Waals surface area contributed by atoms with E-state index in [0.29, 0.717) is 58.7 Å². The van der Waals surface area contributed by atoms with E-state index in [2.05, 4.69) is 68.1 Å². The van der Waals surface area contributed by atoms with Crippen molar-refractivity contribution in [3.8, 4) is 5.75 Å². The number of carbonyl (C=O) groups is 18. The third-order valence-electron chi connectivity index (χ3n) is 23.8. The monoisotopic (exact) mass is 1880 g/mol.